The summed E-state index contributed by atoms with van der Waals surface area (Å²) in [5, 5.41) is 2.15. The summed E-state index contributed by atoms with van der Waals surface area (Å²) in [6.07, 6.45) is 1.52. The van der Waals surface area contributed by atoms with Crippen LogP contribution < -0.4 is 15.4 Å². The molecule has 6 nitrogen and oxygen atoms in total. The second-order valence-electron chi connectivity index (χ2n) is 6.29. The van der Waals surface area contributed by atoms with Gasteiger partial charge in [0.2, 0.25) is 5.88 Å². The molecule has 0 amide bonds. The van der Waals surface area contributed by atoms with E-state index in [2.05, 4.69) is 38.9 Å². The van der Waals surface area contributed by atoms with Crippen molar-refractivity contribution in [2.45, 2.75) is 0 Å². The molecule has 0 unspecified atom stereocenters. The van der Waals surface area contributed by atoms with Crippen LogP contribution in [0.4, 0.5) is 11.5 Å². The van der Waals surface area contributed by atoms with Crippen molar-refractivity contribution in [3.8, 4) is 11.6 Å². The highest BCUT2D eigenvalue weighted by Crippen LogP contribution is 2.34. The summed E-state index contributed by atoms with van der Waals surface area (Å²) < 4.78 is 6.06. The van der Waals surface area contributed by atoms with Crippen molar-refractivity contribution in [3.05, 3.63) is 48.8 Å². The molecule has 0 spiro atoms. The van der Waals surface area contributed by atoms with E-state index in [1.165, 1.54) is 6.33 Å². The van der Waals surface area contributed by atoms with Crippen LogP contribution in [-0.4, -0.2) is 48.1 Å². The minimum Gasteiger partial charge on any atom is -0.436 e. The maximum atomic E-state index is 6.34. The third kappa shape index (κ3) is 3.08. The summed E-state index contributed by atoms with van der Waals surface area (Å²) >= 11 is 0. The van der Waals surface area contributed by atoms with E-state index < -0.39 is 0 Å². The Morgan fingerprint density at radius 3 is 2.56 bits per heavy atom. The Hall–Kier alpha value is -2.86. The maximum absolute atomic E-state index is 6.34. The Balaban J connectivity index is 1.66. The lowest BCUT2D eigenvalue weighted by Crippen LogP contribution is -2.45. The molecule has 1 saturated heterocycles. The predicted octanol–water partition coefficient (Wildman–Crippen LogP) is 2.76. The van der Waals surface area contributed by atoms with Crippen LogP contribution in [0.25, 0.3) is 10.8 Å². The van der Waals surface area contributed by atoms with Crippen molar-refractivity contribution in [3.63, 3.8) is 0 Å². The van der Waals surface area contributed by atoms with E-state index in [0.717, 1.165) is 48.5 Å². The standard InChI is InChI=1S/C19H21N5O/c1-23-9-11-24(12-10-23)18-17(20)19(22-13-21-18)25-16-8-4-6-14-5-2-3-7-15(14)16/h2-8,13H,9-12,20H2,1H3. The summed E-state index contributed by atoms with van der Waals surface area (Å²) in [4.78, 5) is 13.1. The largest absolute Gasteiger partial charge is 0.436 e. The molecule has 2 N–H and O–H groups in total. The van der Waals surface area contributed by atoms with E-state index >= 15 is 0 Å². The highest BCUT2D eigenvalue weighted by Gasteiger charge is 2.20. The Bertz CT molecular complexity index is 885. The zero-order valence-electron chi connectivity index (χ0n) is 14.2. The van der Waals surface area contributed by atoms with Crippen LogP contribution in [0.1, 0.15) is 0 Å². The maximum Gasteiger partial charge on any atom is 0.248 e. The number of anilines is 2. The fourth-order valence-corrected chi connectivity index (χ4v) is 3.11. The Kier molecular flexibility index (Phi) is 4.11. The van der Waals surface area contributed by atoms with Crippen LogP contribution in [0.15, 0.2) is 48.8 Å². The summed E-state index contributed by atoms with van der Waals surface area (Å²) in [5.74, 6) is 1.89. The average molecular weight is 335 g/mol. The summed E-state index contributed by atoms with van der Waals surface area (Å²) in [6.45, 7) is 3.77. The van der Waals surface area contributed by atoms with Crippen LogP contribution >= 0.6 is 0 Å². The number of nitrogen functional groups attached to an aromatic ring is 1. The molecule has 25 heavy (non-hydrogen) atoms. The van der Waals surface area contributed by atoms with Gasteiger partial charge in [-0.15, -0.1) is 0 Å². The highest BCUT2D eigenvalue weighted by atomic mass is 16.5. The van der Waals surface area contributed by atoms with Gasteiger partial charge in [-0.2, -0.15) is 4.98 Å². The summed E-state index contributed by atoms with van der Waals surface area (Å²) in [7, 11) is 2.12. The first-order valence-corrected chi connectivity index (χ1v) is 8.42. The number of nitrogens with two attached hydrogens (primary N) is 1. The van der Waals surface area contributed by atoms with Crippen LogP contribution in [0.2, 0.25) is 0 Å². The number of likely N-dealkylation sites (N-methyl/N-ethyl adjacent to an activating group) is 1. The van der Waals surface area contributed by atoms with Crippen molar-refractivity contribution in [2.75, 3.05) is 43.9 Å². The molecule has 0 saturated carbocycles. The van der Waals surface area contributed by atoms with Gasteiger partial charge in [0.1, 0.15) is 17.8 Å². The Morgan fingerprint density at radius 2 is 1.72 bits per heavy atom. The number of hydrogen-bond donors (Lipinski definition) is 1. The molecule has 3 aromatic rings. The molecular weight excluding hydrogens is 314 g/mol. The van der Waals surface area contributed by atoms with Gasteiger partial charge in [-0.3, -0.25) is 0 Å². The van der Waals surface area contributed by atoms with E-state index in [1.807, 2.05) is 30.3 Å². The molecule has 4 rings (SSSR count). The lowest BCUT2D eigenvalue weighted by atomic mass is 10.1. The van der Waals surface area contributed by atoms with Crippen molar-refractivity contribution < 1.29 is 4.74 Å². The van der Waals surface area contributed by atoms with Crippen molar-refractivity contribution in [1.82, 2.24) is 14.9 Å². The van der Waals surface area contributed by atoms with E-state index in [-0.39, 0.29) is 0 Å². The van der Waals surface area contributed by atoms with Gasteiger partial charge in [0.05, 0.1) is 0 Å². The topological polar surface area (TPSA) is 67.5 Å². The molecule has 0 bridgehead atoms. The molecule has 6 heteroatoms. The minimum atomic E-state index is 0.403. The third-order valence-electron chi connectivity index (χ3n) is 4.59. The number of aromatic nitrogens is 2. The fourth-order valence-electron chi connectivity index (χ4n) is 3.11. The molecule has 128 valence electrons. The monoisotopic (exact) mass is 335 g/mol. The third-order valence-corrected chi connectivity index (χ3v) is 4.59. The second-order valence-corrected chi connectivity index (χ2v) is 6.29. The molecule has 1 fully saturated rings. The number of ether oxygens (including phenoxy) is 1. The van der Waals surface area contributed by atoms with Crippen LogP contribution in [-0.2, 0) is 0 Å². The Morgan fingerprint density at radius 1 is 0.960 bits per heavy atom. The first-order valence-electron chi connectivity index (χ1n) is 8.42. The van der Waals surface area contributed by atoms with Crippen molar-refractivity contribution >= 4 is 22.3 Å². The molecule has 0 radical (unpaired) electrons. The molecule has 2 aromatic carbocycles. The Labute approximate surface area is 146 Å². The van der Waals surface area contributed by atoms with E-state index in [0.29, 0.717) is 11.6 Å². The number of nitrogens with zero attached hydrogens (tertiary/aromatic N) is 4. The molecule has 2 heterocycles. The smallest absolute Gasteiger partial charge is 0.248 e. The van der Waals surface area contributed by atoms with Gasteiger partial charge in [0, 0.05) is 31.6 Å². The first-order chi connectivity index (χ1) is 12.2. The molecule has 0 atom stereocenters. The molecule has 1 aromatic heterocycles. The molecule has 1 aliphatic heterocycles. The van der Waals surface area contributed by atoms with E-state index in [9.17, 15) is 0 Å². The molecular formula is C19H21N5O. The van der Waals surface area contributed by atoms with Gasteiger partial charge in [-0.25, -0.2) is 4.98 Å². The number of rotatable bonds is 3. The number of fused-ring (bicyclic) bond motifs is 1. The van der Waals surface area contributed by atoms with Gasteiger partial charge in [-0.1, -0.05) is 36.4 Å². The van der Waals surface area contributed by atoms with Gasteiger partial charge in [0.15, 0.2) is 5.82 Å². The lowest BCUT2D eigenvalue weighted by Gasteiger charge is -2.33. The zero-order chi connectivity index (χ0) is 17.2. The number of hydrogen-bond acceptors (Lipinski definition) is 6. The lowest BCUT2D eigenvalue weighted by molar-refractivity contribution is 0.312. The predicted molar refractivity (Wildman–Crippen MR) is 100 cm³/mol. The van der Waals surface area contributed by atoms with Gasteiger partial charge >= 0.3 is 0 Å². The quantitative estimate of drug-likeness (QED) is 0.794. The van der Waals surface area contributed by atoms with E-state index in [1.54, 1.807) is 0 Å². The average Bonchev–Trinajstić information content (AvgIpc) is 2.65. The number of benzene rings is 2. The zero-order valence-corrected chi connectivity index (χ0v) is 14.2. The SMILES string of the molecule is CN1CCN(c2ncnc(Oc3cccc4ccccc34)c2N)CC1. The summed E-state index contributed by atoms with van der Waals surface area (Å²) in [6, 6.07) is 14.0. The van der Waals surface area contributed by atoms with Crippen LogP contribution in [0, 0.1) is 0 Å². The first kappa shape index (κ1) is 15.7. The van der Waals surface area contributed by atoms with Crippen LogP contribution in [0.3, 0.4) is 0 Å². The minimum absolute atomic E-state index is 0.403. The normalized spacial score (nSPS) is 15.5. The molecule has 0 aliphatic carbocycles. The number of piperazine rings is 1. The van der Waals surface area contributed by atoms with Crippen LogP contribution in [0.5, 0.6) is 11.6 Å². The van der Waals surface area contributed by atoms with E-state index in [4.69, 9.17) is 10.5 Å². The van der Waals surface area contributed by atoms with Gasteiger partial charge in [-0.05, 0) is 18.5 Å². The second kappa shape index (κ2) is 6.57. The van der Waals surface area contributed by atoms with Crippen molar-refractivity contribution in [1.29, 1.82) is 0 Å². The van der Waals surface area contributed by atoms with Crippen molar-refractivity contribution in [2.24, 2.45) is 0 Å². The van der Waals surface area contributed by atoms with Gasteiger partial charge in [0.25, 0.3) is 0 Å². The molecule has 1 aliphatic rings. The highest BCUT2D eigenvalue weighted by molar-refractivity contribution is 5.88. The summed E-state index contributed by atoms with van der Waals surface area (Å²) in [5.41, 5.74) is 6.82. The van der Waals surface area contributed by atoms with Gasteiger partial charge < -0.3 is 20.3 Å². The fraction of sp³-hybridized carbons (Fsp3) is 0.263.